The number of hydrogen-bond donors (Lipinski definition) is 1. The molecule has 1 amide bonds. The topological polar surface area (TPSA) is 46.9 Å². The van der Waals surface area contributed by atoms with Gasteiger partial charge < -0.3 is 5.32 Å². The van der Waals surface area contributed by atoms with E-state index < -0.39 is 0 Å². The third kappa shape index (κ3) is 3.84. The first-order valence-electron chi connectivity index (χ1n) is 7.83. The van der Waals surface area contributed by atoms with Crippen LogP contribution in [0.4, 0.5) is 0 Å². The lowest BCUT2D eigenvalue weighted by atomic mass is 10.0. The normalized spacial score (nSPS) is 15.1. The molecule has 1 fully saturated rings. The van der Waals surface area contributed by atoms with Crippen molar-refractivity contribution in [3.63, 3.8) is 0 Å². The number of aryl methyl sites for hydroxylation is 1. The Morgan fingerprint density at radius 3 is 2.65 bits per heavy atom. The standard InChI is InChI=1S/C16H27N3O/c1-11(2)7-8-19-15(12(3)4)14(10-18-19)16(20)17-9-13-5-6-13/h10-13H,5-9H2,1-4H3,(H,17,20). The van der Waals surface area contributed by atoms with Crippen LogP contribution in [-0.4, -0.2) is 22.2 Å². The average molecular weight is 277 g/mol. The molecule has 0 aromatic carbocycles. The monoisotopic (exact) mass is 277 g/mol. The van der Waals surface area contributed by atoms with Gasteiger partial charge in [0, 0.05) is 13.1 Å². The molecular formula is C16H27N3O. The van der Waals surface area contributed by atoms with Crippen LogP contribution in [0, 0.1) is 11.8 Å². The molecule has 0 unspecified atom stereocenters. The summed E-state index contributed by atoms with van der Waals surface area (Å²) < 4.78 is 2.01. The zero-order chi connectivity index (χ0) is 14.7. The minimum atomic E-state index is 0.0383. The molecule has 112 valence electrons. The first-order valence-corrected chi connectivity index (χ1v) is 7.83. The van der Waals surface area contributed by atoms with Gasteiger partial charge in [-0.15, -0.1) is 0 Å². The Labute approximate surface area is 121 Å². The van der Waals surface area contributed by atoms with Crippen molar-refractivity contribution < 1.29 is 4.79 Å². The van der Waals surface area contributed by atoms with Gasteiger partial charge >= 0.3 is 0 Å². The molecule has 20 heavy (non-hydrogen) atoms. The first kappa shape index (κ1) is 15.1. The Morgan fingerprint density at radius 1 is 1.40 bits per heavy atom. The predicted octanol–water partition coefficient (Wildman–Crippen LogP) is 3.19. The largest absolute Gasteiger partial charge is 0.352 e. The fourth-order valence-corrected chi connectivity index (χ4v) is 2.39. The van der Waals surface area contributed by atoms with Gasteiger partial charge in [0.1, 0.15) is 0 Å². The number of carbonyl (C=O) groups is 1. The maximum Gasteiger partial charge on any atom is 0.254 e. The summed E-state index contributed by atoms with van der Waals surface area (Å²) in [5.74, 6) is 1.70. The fraction of sp³-hybridized carbons (Fsp3) is 0.750. The molecule has 1 aliphatic rings. The van der Waals surface area contributed by atoms with Crippen molar-refractivity contribution in [2.45, 2.75) is 59.4 Å². The van der Waals surface area contributed by atoms with E-state index in [-0.39, 0.29) is 5.91 Å². The van der Waals surface area contributed by atoms with Crippen molar-refractivity contribution in [3.8, 4) is 0 Å². The van der Waals surface area contributed by atoms with E-state index >= 15 is 0 Å². The Morgan fingerprint density at radius 2 is 2.10 bits per heavy atom. The van der Waals surface area contributed by atoms with Crippen LogP contribution in [0.1, 0.15) is 68.9 Å². The second-order valence-corrected chi connectivity index (χ2v) is 6.66. The summed E-state index contributed by atoms with van der Waals surface area (Å²) >= 11 is 0. The Balaban J connectivity index is 2.08. The lowest BCUT2D eigenvalue weighted by Crippen LogP contribution is -2.26. The zero-order valence-electron chi connectivity index (χ0n) is 13.1. The van der Waals surface area contributed by atoms with E-state index in [1.54, 1.807) is 6.20 Å². The second kappa shape index (κ2) is 6.42. The molecule has 1 aromatic rings. The highest BCUT2D eigenvalue weighted by atomic mass is 16.1. The van der Waals surface area contributed by atoms with E-state index in [4.69, 9.17) is 0 Å². The molecule has 4 nitrogen and oxygen atoms in total. The lowest BCUT2D eigenvalue weighted by molar-refractivity contribution is 0.0950. The lowest BCUT2D eigenvalue weighted by Gasteiger charge is -2.13. The molecule has 1 N–H and O–H groups in total. The van der Waals surface area contributed by atoms with Crippen molar-refractivity contribution in [2.24, 2.45) is 11.8 Å². The summed E-state index contributed by atoms with van der Waals surface area (Å²) in [7, 11) is 0. The average Bonchev–Trinajstić information content (AvgIpc) is 3.10. The van der Waals surface area contributed by atoms with Gasteiger partial charge in [-0.3, -0.25) is 9.48 Å². The van der Waals surface area contributed by atoms with E-state index in [1.165, 1.54) is 12.8 Å². The van der Waals surface area contributed by atoms with Crippen LogP contribution < -0.4 is 5.32 Å². The summed E-state index contributed by atoms with van der Waals surface area (Å²) in [6.45, 7) is 10.4. The molecule has 0 spiro atoms. The van der Waals surface area contributed by atoms with Crippen LogP contribution >= 0.6 is 0 Å². The van der Waals surface area contributed by atoms with Gasteiger partial charge in [-0.1, -0.05) is 27.7 Å². The third-order valence-electron chi connectivity index (χ3n) is 3.84. The van der Waals surface area contributed by atoms with Crippen molar-refractivity contribution in [1.29, 1.82) is 0 Å². The zero-order valence-corrected chi connectivity index (χ0v) is 13.1. The third-order valence-corrected chi connectivity index (χ3v) is 3.84. The Bertz CT molecular complexity index is 458. The van der Waals surface area contributed by atoms with E-state index in [9.17, 15) is 4.79 Å². The Kier molecular flexibility index (Phi) is 4.84. The maximum absolute atomic E-state index is 12.3. The summed E-state index contributed by atoms with van der Waals surface area (Å²) in [5.41, 5.74) is 1.82. The highest BCUT2D eigenvalue weighted by molar-refractivity contribution is 5.95. The molecule has 0 aliphatic heterocycles. The van der Waals surface area contributed by atoms with Crippen LogP contribution in [0.25, 0.3) is 0 Å². The summed E-state index contributed by atoms with van der Waals surface area (Å²) in [6.07, 6.45) is 5.33. The number of amides is 1. The molecule has 0 atom stereocenters. The summed E-state index contributed by atoms with van der Waals surface area (Å²) in [5, 5.41) is 7.47. The summed E-state index contributed by atoms with van der Waals surface area (Å²) in [6, 6.07) is 0. The molecular weight excluding hydrogens is 250 g/mol. The quantitative estimate of drug-likeness (QED) is 0.832. The number of aromatic nitrogens is 2. The van der Waals surface area contributed by atoms with Crippen LogP contribution in [0.5, 0.6) is 0 Å². The molecule has 0 radical (unpaired) electrons. The predicted molar refractivity (Wildman–Crippen MR) is 80.8 cm³/mol. The number of carbonyl (C=O) groups excluding carboxylic acids is 1. The maximum atomic E-state index is 12.3. The van der Waals surface area contributed by atoms with Gasteiger partial charge in [-0.2, -0.15) is 5.10 Å². The van der Waals surface area contributed by atoms with E-state index in [0.29, 0.717) is 17.8 Å². The molecule has 2 rings (SSSR count). The molecule has 1 heterocycles. The van der Waals surface area contributed by atoms with Crippen LogP contribution in [0.15, 0.2) is 6.20 Å². The van der Waals surface area contributed by atoms with Crippen LogP contribution in [0.3, 0.4) is 0 Å². The molecule has 1 aromatic heterocycles. The highest BCUT2D eigenvalue weighted by Crippen LogP contribution is 2.28. The first-order chi connectivity index (χ1) is 9.49. The van der Waals surface area contributed by atoms with Crippen LogP contribution in [-0.2, 0) is 6.54 Å². The van der Waals surface area contributed by atoms with Gasteiger partial charge in [-0.05, 0) is 37.0 Å². The number of nitrogens with one attached hydrogen (secondary N) is 1. The smallest absolute Gasteiger partial charge is 0.254 e. The highest BCUT2D eigenvalue weighted by Gasteiger charge is 2.24. The van der Waals surface area contributed by atoms with Crippen molar-refractivity contribution in [3.05, 3.63) is 17.5 Å². The van der Waals surface area contributed by atoms with E-state index in [1.807, 2.05) is 4.68 Å². The van der Waals surface area contributed by atoms with Gasteiger partial charge in [-0.25, -0.2) is 0 Å². The fourth-order valence-electron chi connectivity index (χ4n) is 2.39. The van der Waals surface area contributed by atoms with Gasteiger partial charge in [0.2, 0.25) is 0 Å². The minimum Gasteiger partial charge on any atom is -0.352 e. The number of hydrogen-bond acceptors (Lipinski definition) is 2. The molecule has 1 saturated carbocycles. The van der Waals surface area contributed by atoms with E-state index in [0.717, 1.165) is 30.8 Å². The molecule has 0 bridgehead atoms. The second-order valence-electron chi connectivity index (χ2n) is 6.66. The molecule has 1 aliphatic carbocycles. The molecule has 4 heteroatoms. The Hall–Kier alpha value is -1.32. The SMILES string of the molecule is CC(C)CCn1ncc(C(=O)NCC2CC2)c1C(C)C. The van der Waals surface area contributed by atoms with Gasteiger partial charge in [0.05, 0.1) is 17.5 Å². The van der Waals surface area contributed by atoms with E-state index in [2.05, 4.69) is 38.1 Å². The van der Waals surface area contributed by atoms with Gasteiger partial charge in [0.15, 0.2) is 0 Å². The van der Waals surface area contributed by atoms with Crippen molar-refractivity contribution >= 4 is 5.91 Å². The minimum absolute atomic E-state index is 0.0383. The number of nitrogens with zero attached hydrogens (tertiary/aromatic N) is 2. The van der Waals surface area contributed by atoms with Crippen LogP contribution in [0.2, 0.25) is 0 Å². The van der Waals surface area contributed by atoms with Crippen molar-refractivity contribution in [2.75, 3.05) is 6.54 Å². The van der Waals surface area contributed by atoms with Gasteiger partial charge in [0.25, 0.3) is 5.91 Å². The summed E-state index contributed by atoms with van der Waals surface area (Å²) in [4.78, 5) is 12.3. The van der Waals surface area contributed by atoms with Crippen molar-refractivity contribution in [1.82, 2.24) is 15.1 Å². The molecule has 0 saturated heterocycles. The number of rotatable bonds is 7.